The molecular weight excluding hydrogens is 518 g/mol. The number of allylic oxidation sites excluding steroid dienone is 9. The van der Waals surface area contributed by atoms with Crippen LogP contribution >= 0.6 is 0 Å². The van der Waals surface area contributed by atoms with Gasteiger partial charge < -0.3 is 4.90 Å². The number of nitrogens with zero attached hydrogens (tertiary/aromatic N) is 1. The summed E-state index contributed by atoms with van der Waals surface area (Å²) in [5.74, 6) is 1.12. The Balaban J connectivity index is 1.19. The summed E-state index contributed by atoms with van der Waals surface area (Å²) in [5, 5.41) is 2.66. The van der Waals surface area contributed by atoms with E-state index in [1.165, 1.54) is 93.4 Å². The zero-order valence-corrected chi connectivity index (χ0v) is 24.9. The lowest BCUT2D eigenvalue weighted by Gasteiger charge is -2.36. The zero-order valence-electron chi connectivity index (χ0n) is 24.9. The van der Waals surface area contributed by atoms with E-state index < -0.39 is 0 Å². The summed E-state index contributed by atoms with van der Waals surface area (Å²) in [7, 11) is 0. The summed E-state index contributed by atoms with van der Waals surface area (Å²) in [6.07, 6.45) is 23.7. The van der Waals surface area contributed by atoms with Crippen molar-refractivity contribution in [1.82, 2.24) is 0 Å². The van der Waals surface area contributed by atoms with Crippen LogP contribution in [0.5, 0.6) is 0 Å². The minimum Gasteiger partial charge on any atom is -0.314 e. The fourth-order valence-corrected chi connectivity index (χ4v) is 7.94. The normalized spacial score (nSPS) is 21.2. The molecule has 0 bridgehead atoms. The summed E-state index contributed by atoms with van der Waals surface area (Å²) < 4.78 is 0. The molecule has 1 heteroatoms. The molecule has 4 aliphatic carbocycles. The van der Waals surface area contributed by atoms with Crippen LogP contribution in [0.2, 0.25) is 0 Å². The van der Waals surface area contributed by atoms with Crippen LogP contribution in [0.3, 0.4) is 0 Å². The van der Waals surface area contributed by atoms with Crippen LogP contribution in [0.25, 0.3) is 16.3 Å². The molecule has 1 nitrogen and oxygen atoms in total. The second kappa shape index (κ2) is 11.4. The van der Waals surface area contributed by atoms with Gasteiger partial charge in [0.1, 0.15) is 0 Å². The summed E-state index contributed by atoms with van der Waals surface area (Å²) in [5.41, 5.74) is 12.8. The second-order valence-electron chi connectivity index (χ2n) is 12.6. The van der Waals surface area contributed by atoms with E-state index in [4.69, 9.17) is 0 Å². The topological polar surface area (TPSA) is 3.24 Å². The average molecular weight is 558 g/mol. The quantitative estimate of drug-likeness (QED) is 0.236. The van der Waals surface area contributed by atoms with E-state index in [-0.39, 0.29) is 0 Å². The molecule has 0 N–H and O–H groups in total. The fraction of sp³-hybridized carbons (Fsp3) is 0.238. The smallest absolute Gasteiger partial charge is 0.0490 e. The molecule has 0 saturated heterocycles. The van der Waals surface area contributed by atoms with E-state index in [0.717, 1.165) is 19.3 Å². The molecule has 0 radical (unpaired) electrons. The zero-order chi connectivity index (χ0) is 28.6. The van der Waals surface area contributed by atoms with Gasteiger partial charge in [-0.25, -0.2) is 0 Å². The van der Waals surface area contributed by atoms with Crippen molar-refractivity contribution in [2.24, 2.45) is 5.92 Å². The van der Waals surface area contributed by atoms with Crippen molar-refractivity contribution in [3.05, 3.63) is 167 Å². The standard InChI is InChI=1S/C42H39N/c1-4-16-37-30(10-1)13-7-19-39(37)33-22-26-35(27-23-33)43(42-21-9-15-32-12-3-6-18-41(32)42)36-28-24-34(25-29-36)40-20-8-14-31-11-2-5-17-38(31)40/h1-2,4-7,9-11,13,16-19,21-22,24-26,28-29,32,40H,3,8,12,14-15,20,23,27H2. The first-order chi connectivity index (χ1) is 21.3. The molecule has 0 fully saturated rings. The minimum absolute atomic E-state index is 0.495. The van der Waals surface area contributed by atoms with E-state index in [0.29, 0.717) is 11.8 Å². The Morgan fingerprint density at radius 2 is 1.53 bits per heavy atom. The fourth-order valence-electron chi connectivity index (χ4n) is 7.94. The van der Waals surface area contributed by atoms with Gasteiger partial charge in [0.2, 0.25) is 0 Å². The predicted octanol–water partition coefficient (Wildman–Crippen LogP) is 11.1. The number of fused-ring (bicyclic) bond motifs is 3. The van der Waals surface area contributed by atoms with E-state index in [1.807, 2.05) is 0 Å². The van der Waals surface area contributed by atoms with Crippen molar-refractivity contribution in [2.45, 2.75) is 57.3 Å². The molecule has 8 rings (SSSR count). The van der Waals surface area contributed by atoms with Gasteiger partial charge in [0.05, 0.1) is 0 Å². The predicted molar refractivity (Wildman–Crippen MR) is 182 cm³/mol. The second-order valence-corrected chi connectivity index (χ2v) is 12.6. The van der Waals surface area contributed by atoms with Crippen LogP contribution in [0.1, 0.15) is 73.1 Å². The number of rotatable bonds is 5. The highest BCUT2D eigenvalue weighted by atomic mass is 15.2. The Morgan fingerprint density at radius 3 is 2.44 bits per heavy atom. The Bertz CT molecular complexity index is 1820. The van der Waals surface area contributed by atoms with Gasteiger partial charge in [0.15, 0.2) is 0 Å². The maximum atomic E-state index is 2.57. The monoisotopic (exact) mass is 557 g/mol. The van der Waals surface area contributed by atoms with Crippen molar-refractivity contribution in [1.29, 1.82) is 0 Å². The third-order valence-electron chi connectivity index (χ3n) is 10.1. The molecule has 2 unspecified atom stereocenters. The first kappa shape index (κ1) is 26.3. The van der Waals surface area contributed by atoms with E-state index >= 15 is 0 Å². The minimum atomic E-state index is 0.495. The van der Waals surface area contributed by atoms with Crippen LogP contribution in [0.15, 0.2) is 144 Å². The lowest BCUT2D eigenvalue weighted by Crippen LogP contribution is -2.26. The largest absolute Gasteiger partial charge is 0.314 e. The molecule has 4 aliphatic rings. The third kappa shape index (κ3) is 4.91. The van der Waals surface area contributed by atoms with Gasteiger partial charge >= 0.3 is 0 Å². The summed E-state index contributed by atoms with van der Waals surface area (Å²) in [4.78, 5) is 2.57. The Labute approximate surface area is 256 Å². The molecule has 4 aromatic carbocycles. The molecule has 4 aromatic rings. The van der Waals surface area contributed by atoms with E-state index in [9.17, 15) is 0 Å². The number of anilines is 1. The highest BCUT2D eigenvalue weighted by Gasteiger charge is 2.28. The SMILES string of the molecule is C1=CC2=C(N(C3=CC=C(c4cccc5ccccc45)CC3)c3ccc(C4CCCc5ccccc54)cc3)C=CCC2CC1. The van der Waals surface area contributed by atoms with Gasteiger partial charge in [-0.15, -0.1) is 0 Å². The summed E-state index contributed by atoms with van der Waals surface area (Å²) in [6.45, 7) is 0. The molecule has 43 heavy (non-hydrogen) atoms. The lowest BCUT2D eigenvalue weighted by atomic mass is 9.79. The van der Waals surface area contributed by atoms with Crippen molar-refractivity contribution in [2.75, 3.05) is 4.90 Å². The molecule has 0 saturated carbocycles. The van der Waals surface area contributed by atoms with Crippen LogP contribution in [0.4, 0.5) is 5.69 Å². The van der Waals surface area contributed by atoms with Gasteiger partial charge in [-0.1, -0.05) is 103 Å². The number of aryl methyl sites for hydroxylation is 1. The average Bonchev–Trinajstić information content (AvgIpc) is 3.09. The summed E-state index contributed by atoms with van der Waals surface area (Å²) >= 11 is 0. The highest BCUT2D eigenvalue weighted by molar-refractivity contribution is 5.94. The molecule has 0 aliphatic heterocycles. The Morgan fingerprint density at radius 1 is 0.674 bits per heavy atom. The van der Waals surface area contributed by atoms with Gasteiger partial charge in [-0.05, 0) is 126 Å². The third-order valence-corrected chi connectivity index (χ3v) is 10.1. The van der Waals surface area contributed by atoms with Crippen molar-refractivity contribution in [3.8, 4) is 0 Å². The van der Waals surface area contributed by atoms with Gasteiger partial charge in [-0.2, -0.15) is 0 Å². The number of hydrogen-bond donors (Lipinski definition) is 0. The van der Waals surface area contributed by atoms with Gasteiger partial charge in [0.25, 0.3) is 0 Å². The Kier molecular flexibility index (Phi) is 6.95. The lowest BCUT2D eigenvalue weighted by molar-refractivity contribution is 0.558. The first-order valence-electron chi connectivity index (χ1n) is 16.3. The van der Waals surface area contributed by atoms with Crippen LogP contribution in [-0.2, 0) is 6.42 Å². The maximum Gasteiger partial charge on any atom is 0.0490 e. The molecule has 0 aromatic heterocycles. The molecule has 0 heterocycles. The molecule has 0 spiro atoms. The number of hydrogen-bond acceptors (Lipinski definition) is 1. The molecule has 2 atom stereocenters. The first-order valence-corrected chi connectivity index (χ1v) is 16.3. The molecule has 0 amide bonds. The Hall–Kier alpha value is -4.36. The maximum absolute atomic E-state index is 2.57. The van der Waals surface area contributed by atoms with Crippen molar-refractivity contribution >= 4 is 22.0 Å². The van der Waals surface area contributed by atoms with Gasteiger partial charge in [-0.3, -0.25) is 0 Å². The van der Waals surface area contributed by atoms with Crippen molar-refractivity contribution < 1.29 is 0 Å². The summed E-state index contributed by atoms with van der Waals surface area (Å²) in [6, 6.07) is 34.1. The highest BCUT2D eigenvalue weighted by Crippen LogP contribution is 2.42. The molecular formula is C42H39N. The van der Waals surface area contributed by atoms with Crippen molar-refractivity contribution in [3.63, 3.8) is 0 Å². The van der Waals surface area contributed by atoms with Gasteiger partial charge in [0, 0.05) is 23.0 Å². The van der Waals surface area contributed by atoms with Crippen LogP contribution in [0, 0.1) is 5.92 Å². The van der Waals surface area contributed by atoms with Crippen LogP contribution in [-0.4, -0.2) is 0 Å². The van der Waals surface area contributed by atoms with Crippen LogP contribution < -0.4 is 4.90 Å². The van der Waals surface area contributed by atoms with E-state index in [2.05, 4.69) is 132 Å². The van der Waals surface area contributed by atoms with E-state index in [1.54, 1.807) is 0 Å². The number of benzene rings is 4. The molecule has 212 valence electrons.